The van der Waals surface area contributed by atoms with E-state index in [1.807, 2.05) is 35.2 Å². The summed E-state index contributed by atoms with van der Waals surface area (Å²) >= 11 is 0. The van der Waals surface area contributed by atoms with Gasteiger partial charge in [0.25, 0.3) is 5.91 Å². The second-order valence-electron chi connectivity index (χ2n) is 11.3. The first-order valence-electron chi connectivity index (χ1n) is 14.6. The summed E-state index contributed by atoms with van der Waals surface area (Å²) in [5.74, 6) is 2.64. The van der Waals surface area contributed by atoms with Crippen LogP contribution in [0.3, 0.4) is 0 Å². The Labute approximate surface area is 250 Å². The second-order valence-corrected chi connectivity index (χ2v) is 11.3. The van der Waals surface area contributed by atoms with E-state index in [-0.39, 0.29) is 18.7 Å². The number of hydrogen-bond acceptors (Lipinski definition) is 9. The molecule has 3 aliphatic heterocycles. The van der Waals surface area contributed by atoms with Crippen LogP contribution in [0.25, 0.3) is 5.69 Å². The average Bonchev–Trinajstić information content (AvgIpc) is 3.71. The van der Waals surface area contributed by atoms with Crippen molar-refractivity contribution in [1.82, 2.24) is 30.0 Å². The lowest BCUT2D eigenvalue weighted by Crippen LogP contribution is -2.49. The van der Waals surface area contributed by atoms with Crippen molar-refractivity contribution in [3.63, 3.8) is 0 Å². The first-order chi connectivity index (χ1) is 20.9. The average molecular weight is 582 g/mol. The molecule has 43 heavy (non-hydrogen) atoms. The lowest BCUT2D eigenvalue weighted by molar-refractivity contribution is 0.0746. The van der Waals surface area contributed by atoms with E-state index in [2.05, 4.69) is 64.4 Å². The van der Waals surface area contributed by atoms with Crippen molar-refractivity contribution in [2.24, 2.45) is 0 Å². The fourth-order valence-corrected chi connectivity index (χ4v) is 6.46. The van der Waals surface area contributed by atoms with Crippen molar-refractivity contribution in [3.05, 3.63) is 82.2 Å². The molecule has 0 saturated carbocycles. The largest absolute Gasteiger partial charge is 0.492 e. The van der Waals surface area contributed by atoms with Gasteiger partial charge in [0, 0.05) is 49.5 Å². The van der Waals surface area contributed by atoms with Crippen LogP contribution in [0.2, 0.25) is 0 Å². The molecule has 0 spiro atoms. The molecule has 1 fully saturated rings. The van der Waals surface area contributed by atoms with E-state index in [4.69, 9.17) is 14.2 Å². The summed E-state index contributed by atoms with van der Waals surface area (Å²) in [6.07, 6.45) is 0.840. The maximum atomic E-state index is 13.4. The number of hydrogen-bond donors (Lipinski definition) is 0. The number of anilines is 1. The van der Waals surface area contributed by atoms with Gasteiger partial charge in [-0.2, -0.15) is 4.68 Å². The van der Waals surface area contributed by atoms with E-state index in [1.165, 1.54) is 16.8 Å². The summed E-state index contributed by atoms with van der Waals surface area (Å²) in [7, 11) is 3.70. The standard InChI is InChI=1S/C32H35N7O4/c1-20-6-5-7-25(21(20)2)37-14-16-38(17-15-37)32(40)22-8-10-24(11-9-22)39-31(33-34-35-39)28-27-23(12-13-36(28)3)18-26-29(30(27)41-4)43-19-42-26/h5-11,18,28H,12-17,19H2,1-4H3. The predicted octanol–water partition coefficient (Wildman–Crippen LogP) is 3.56. The van der Waals surface area contributed by atoms with Crippen molar-refractivity contribution >= 4 is 11.6 Å². The van der Waals surface area contributed by atoms with Gasteiger partial charge in [-0.3, -0.25) is 9.69 Å². The SMILES string of the molecule is COc1c2c(cc3c1C(c1nnnn1-c1ccc(C(=O)N4CCN(c5cccc(C)c5C)CC4)cc1)N(C)CC3)OCO2. The van der Waals surface area contributed by atoms with Crippen LogP contribution in [-0.4, -0.2) is 89.6 Å². The van der Waals surface area contributed by atoms with E-state index in [0.717, 1.165) is 42.9 Å². The molecule has 1 amide bonds. The molecular formula is C32H35N7O4. The number of nitrogens with zero attached hydrogens (tertiary/aromatic N) is 7. The third-order valence-electron chi connectivity index (χ3n) is 8.98. The Morgan fingerprint density at radius 2 is 1.79 bits per heavy atom. The number of aromatic nitrogens is 4. The minimum atomic E-state index is -0.266. The van der Waals surface area contributed by atoms with Crippen molar-refractivity contribution in [3.8, 4) is 22.9 Å². The molecule has 0 bridgehead atoms. The number of aryl methyl sites for hydroxylation is 1. The van der Waals surface area contributed by atoms with Gasteiger partial charge in [0.05, 0.1) is 12.8 Å². The fraction of sp³-hybridized carbons (Fsp3) is 0.375. The highest BCUT2D eigenvalue weighted by Gasteiger charge is 2.38. The Hall–Kier alpha value is -4.64. The number of amides is 1. The fourth-order valence-electron chi connectivity index (χ4n) is 6.46. The van der Waals surface area contributed by atoms with Gasteiger partial charge in [0.1, 0.15) is 6.04 Å². The molecule has 3 aliphatic rings. The summed E-state index contributed by atoms with van der Waals surface area (Å²) < 4.78 is 19.0. The van der Waals surface area contributed by atoms with Gasteiger partial charge in [0.2, 0.25) is 12.5 Å². The van der Waals surface area contributed by atoms with Crippen LogP contribution in [-0.2, 0) is 6.42 Å². The Balaban J connectivity index is 1.12. The highest BCUT2D eigenvalue weighted by Crippen LogP contribution is 2.50. The van der Waals surface area contributed by atoms with Crippen LogP contribution in [0.15, 0.2) is 48.5 Å². The van der Waals surface area contributed by atoms with Crippen LogP contribution < -0.4 is 19.1 Å². The summed E-state index contributed by atoms with van der Waals surface area (Å²) in [4.78, 5) is 20.0. The van der Waals surface area contributed by atoms with Crippen molar-refractivity contribution in [2.75, 3.05) is 58.6 Å². The van der Waals surface area contributed by atoms with Gasteiger partial charge < -0.3 is 24.0 Å². The zero-order chi connectivity index (χ0) is 29.7. The van der Waals surface area contributed by atoms with E-state index in [1.54, 1.807) is 11.8 Å². The van der Waals surface area contributed by atoms with Crippen LogP contribution >= 0.6 is 0 Å². The third-order valence-corrected chi connectivity index (χ3v) is 8.98. The van der Waals surface area contributed by atoms with Gasteiger partial charge in [-0.05, 0) is 90.8 Å². The summed E-state index contributed by atoms with van der Waals surface area (Å²) in [6.45, 7) is 8.26. The van der Waals surface area contributed by atoms with Gasteiger partial charge in [-0.25, -0.2) is 0 Å². The molecule has 3 aromatic carbocycles. The van der Waals surface area contributed by atoms with E-state index in [0.29, 0.717) is 41.7 Å². The van der Waals surface area contributed by atoms with E-state index < -0.39 is 0 Å². The number of ether oxygens (including phenoxy) is 3. The zero-order valence-electron chi connectivity index (χ0n) is 24.9. The molecule has 222 valence electrons. The topological polar surface area (TPSA) is 98.1 Å². The zero-order valence-corrected chi connectivity index (χ0v) is 24.9. The molecule has 11 heteroatoms. The lowest BCUT2D eigenvalue weighted by Gasteiger charge is -2.37. The molecule has 1 aromatic heterocycles. The number of tetrazole rings is 1. The van der Waals surface area contributed by atoms with Crippen LogP contribution in [0.1, 0.15) is 44.5 Å². The summed E-state index contributed by atoms with van der Waals surface area (Å²) in [6, 6.07) is 15.7. The molecule has 11 nitrogen and oxygen atoms in total. The normalized spacial score (nSPS) is 18.1. The van der Waals surface area contributed by atoms with Crippen LogP contribution in [0, 0.1) is 13.8 Å². The smallest absolute Gasteiger partial charge is 0.253 e. The maximum absolute atomic E-state index is 13.4. The Morgan fingerprint density at radius 1 is 1.00 bits per heavy atom. The van der Waals surface area contributed by atoms with E-state index in [9.17, 15) is 4.79 Å². The van der Waals surface area contributed by atoms with Gasteiger partial charge >= 0.3 is 0 Å². The van der Waals surface area contributed by atoms with Crippen molar-refractivity contribution < 1.29 is 19.0 Å². The van der Waals surface area contributed by atoms with Gasteiger partial charge in [-0.1, -0.05) is 12.1 Å². The van der Waals surface area contributed by atoms with Crippen molar-refractivity contribution in [1.29, 1.82) is 0 Å². The summed E-state index contributed by atoms with van der Waals surface area (Å²) in [5, 5.41) is 12.8. The van der Waals surface area contributed by atoms with Gasteiger partial charge in [-0.15, -0.1) is 5.10 Å². The Kier molecular flexibility index (Phi) is 6.89. The highest BCUT2D eigenvalue weighted by atomic mass is 16.7. The number of methoxy groups -OCH3 is 1. The number of likely N-dealkylation sites (N-methyl/N-ethyl adjacent to an activating group) is 1. The maximum Gasteiger partial charge on any atom is 0.253 e. The quantitative estimate of drug-likeness (QED) is 0.350. The number of benzene rings is 3. The minimum absolute atomic E-state index is 0.0332. The number of carbonyl (C=O) groups is 1. The Morgan fingerprint density at radius 3 is 2.56 bits per heavy atom. The monoisotopic (exact) mass is 581 g/mol. The number of fused-ring (bicyclic) bond motifs is 2. The molecule has 4 aromatic rings. The molecule has 0 radical (unpaired) electrons. The number of rotatable bonds is 5. The lowest BCUT2D eigenvalue weighted by atomic mass is 9.90. The van der Waals surface area contributed by atoms with Crippen molar-refractivity contribution in [2.45, 2.75) is 26.3 Å². The van der Waals surface area contributed by atoms with Crippen LogP contribution in [0.5, 0.6) is 17.2 Å². The first kappa shape index (κ1) is 27.2. The molecule has 0 aliphatic carbocycles. The molecule has 1 unspecified atom stereocenters. The molecule has 1 saturated heterocycles. The molecule has 7 rings (SSSR count). The second kappa shape index (κ2) is 10.9. The summed E-state index contributed by atoms with van der Waals surface area (Å²) in [5.41, 5.74) is 7.35. The number of carbonyl (C=O) groups excluding carboxylic acids is 1. The highest BCUT2D eigenvalue weighted by molar-refractivity contribution is 5.94. The Bertz CT molecular complexity index is 1680. The van der Waals surface area contributed by atoms with Gasteiger partial charge in [0.15, 0.2) is 17.3 Å². The van der Waals surface area contributed by atoms with Crippen LogP contribution in [0.4, 0.5) is 5.69 Å². The molecule has 0 N–H and O–H groups in total. The predicted molar refractivity (Wildman–Crippen MR) is 160 cm³/mol. The van der Waals surface area contributed by atoms with E-state index >= 15 is 0 Å². The first-order valence-corrected chi connectivity index (χ1v) is 14.6. The molecule has 4 heterocycles. The number of piperazine rings is 1. The molecule has 1 atom stereocenters. The molecular weight excluding hydrogens is 546 g/mol. The minimum Gasteiger partial charge on any atom is -0.492 e. The third kappa shape index (κ3) is 4.64.